The third kappa shape index (κ3) is 1.98. The fourth-order valence-electron chi connectivity index (χ4n) is 1.84. The molecule has 1 aromatic heterocycles. The van der Waals surface area contributed by atoms with E-state index in [0.29, 0.717) is 5.92 Å². The van der Waals surface area contributed by atoms with Gasteiger partial charge in [0.15, 0.2) is 0 Å². The Hall–Kier alpha value is -1.28. The van der Waals surface area contributed by atoms with Gasteiger partial charge < -0.3 is 0 Å². The van der Waals surface area contributed by atoms with Crippen molar-refractivity contribution in [3.63, 3.8) is 0 Å². The second kappa shape index (κ2) is 4.30. The van der Waals surface area contributed by atoms with Crippen molar-refractivity contribution in [1.29, 1.82) is 0 Å². The van der Waals surface area contributed by atoms with Gasteiger partial charge in [-0.2, -0.15) is 5.10 Å². The van der Waals surface area contributed by atoms with Gasteiger partial charge in [-0.05, 0) is 18.1 Å². The summed E-state index contributed by atoms with van der Waals surface area (Å²) in [6.07, 6.45) is 1.94. The van der Waals surface area contributed by atoms with Crippen molar-refractivity contribution < 1.29 is 0 Å². The van der Waals surface area contributed by atoms with Gasteiger partial charge in [0.05, 0.1) is 11.9 Å². The van der Waals surface area contributed by atoms with Crippen LogP contribution >= 0.6 is 11.6 Å². The van der Waals surface area contributed by atoms with Gasteiger partial charge in [-0.15, -0.1) is 0 Å². The first kappa shape index (κ1) is 11.2. The van der Waals surface area contributed by atoms with E-state index in [2.05, 4.69) is 18.9 Å². The van der Waals surface area contributed by atoms with E-state index < -0.39 is 0 Å². The minimum absolute atomic E-state index is 0.472. The predicted octanol–water partition coefficient (Wildman–Crippen LogP) is 3.86. The van der Waals surface area contributed by atoms with E-state index in [-0.39, 0.29) is 0 Å². The van der Waals surface area contributed by atoms with Crippen LogP contribution in [0.2, 0.25) is 5.02 Å². The minimum Gasteiger partial charge on any atom is -0.268 e. The summed E-state index contributed by atoms with van der Waals surface area (Å²) in [7, 11) is 1.97. The molecule has 0 amide bonds. The Bertz CT molecular complexity index is 483. The highest BCUT2D eigenvalue weighted by atomic mass is 35.5. The highest BCUT2D eigenvalue weighted by Gasteiger charge is 2.13. The van der Waals surface area contributed by atoms with Gasteiger partial charge in [-0.25, -0.2) is 0 Å². The van der Waals surface area contributed by atoms with Crippen LogP contribution in [0.1, 0.15) is 25.3 Å². The average Bonchev–Trinajstić information content (AvgIpc) is 2.62. The van der Waals surface area contributed by atoms with E-state index in [9.17, 15) is 0 Å². The van der Waals surface area contributed by atoms with Gasteiger partial charge in [-0.3, -0.25) is 4.68 Å². The van der Waals surface area contributed by atoms with Crippen molar-refractivity contribution in [2.75, 3.05) is 0 Å². The molecule has 3 heteroatoms. The Morgan fingerprint density at radius 3 is 2.38 bits per heavy atom. The molecule has 0 atom stereocenters. The minimum atomic E-state index is 0.472. The van der Waals surface area contributed by atoms with E-state index in [1.54, 1.807) is 0 Å². The van der Waals surface area contributed by atoms with Crippen LogP contribution < -0.4 is 0 Å². The van der Waals surface area contributed by atoms with E-state index in [0.717, 1.165) is 10.6 Å². The van der Waals surface area contributed by atoms with E-state index in [1.807, 2.05) is 42.2 Å². The molecule has 1 aromatic carbocycles. The Labute approximate surface area is 101 Å². The summed E-state index contributed by atoms with van der Waals surface area (Å²) in [5, 5.41) is 5.08. The lowest BCUT2D eigenvalue weighted by molar-refractivity contribution is 0.774. The van der Waals surface area contributed by atoms with Crippen LogP contribution in [0.25, 0.3) is 11.3 Å². The molecule has 2 rings (SSSR count). The van der Waals surface area contributed by atoms with Crippen LogP contribution in [-0.4, -0.2) is 9.78 Å². The van der Waals surface area contributed by atoms with Gasteiger partial charge in [0.2, 0.25) is 0 Å². The van der Waals surface area contributed by atoms with E-state index in [1.165, 1.54) is 11.3 Å². The Balaban J connectivity index is 2.54. The predicted molar refractivity (Wildman–Crippen MR) is 67.7 cm³/mol. The van der Waals surface area contributed by atoms with Crippen LogP contribution in [0, 0.1) is 0 Å². The fraction of sp³-hybridized carbons (Fsp3) is 0.308. The molecule has 0 N–H and O–H groups in total. The highest BCUT2D eigenvalue weighted by Crippen LogP contribution is 2.29. The molecule has 0 radical (unpaired) electrons. The molecule has 16 heavy (non-hydrogen) atoms. The van der Waals surface area contributed by atoms with Crippen LogP contribution in [0.5, 0.6) is 0 Å². The maximum Gasteiger partial charge on any atom is 0.0713 e. The lowest BCUT2D eigenvalue weighted by atomic mass is 10.00. The normalized spacial score (nSPS) is 11.1. The summed E-state index contributed by atoms with van der Waals surface area (Å²) in [5.41, 5.74) is 3.60. The van der Waals surface area contributed by atoms with Crippen molar-refractivity contribution in [2.24, 2.45) is 7.05 Å². The molecule has 0 unspecified atom stereocenters. The third-order valence-electron chi connectivity index (χ3n) is 2.71. The van der Waals surface area contributed by atoms with Crippen LogP contribution in [0.3, 0.4) is 0 Å². The topological polar surface area (TPSA) is 17.8 Å². The molecular formula is C13H15ClN2. The molecule has 0 spiro atoms. The molecule has 2 nitrogen and oxygen atoms in total. The summed E-state index contributed by atoms with van der Waals surface area (Å²) in [4.78, 5) is 0. The quantitative estimate of drug-likeness (QED) is 0.772. The van der Waals surface area contributed by atoms with Crippen LogP contribution in [0.4, 0.5) is 0 Å². The number of hydrogen-bond acceptors (Lipinski definition) is 1. The molecule has 0 saturated carbocycles. The lowest BCUT2D eigenvalue weighted by Crippen LogP contribution is -1.96. The third-order valence-corrected chi connectivity index (χ3v) is 2.96. The summed E-state index contributed by atoms with van der Waals surface area (Å²) in [5.74, 6) is 0.472. The van der Waals surface area contributed by atoms with Gasteiger partial charge >= 0.3 is 0 Å². The first-order chi connectivity index (χ1) is 7.59. The molecule has 0 saturated heterocycles. The Morgan fingerprint density at radius 1 is 1.19 bits per heavy atom. The number of halogens is 1. The van der Waals surface area contributed by atoms with Crippen LogP contribution in [-0.2, 0) is 7.05 Å². The van der Waals surface area contributed by atoms with Crippen LogP contribution in [0.15, 0.2) is 30.5 Å². The maximum absolute atomic E-state index is 5.89. The smallest absolute Gasteiger partial charge is 0.0713 e. The highest BCUT2D eigenvalue weighted by molar-refractivity contribution is 6.30. The molecule has 84 valence electrons. The SMILES string of the molecule is CC(C)c1cnn(C)c1-c1ccc(Cl)cc1. The van der Waals surface area contributed by atoms with E-state index >= 15 is 0 Å². The summed E-state index contributed by atoms with van der Waals surface area (Å²) in [6, 6.07) is 7.89. The molecule has 0 fully saturated rings. The largest absolute Gasteiger partial charge is 0.268 e. The Kier molecular flexibility index (Phi) is 3.01. The molecule has 2 aromatic rings. The zero-order chi connectivity index (χ0) is 11.7. The second-order valence-electron chi connectivity index (χ2n) is 4.23. The van der Waals surface area contributed by atoms with Crippen molar-refractivity contribution in [2.45, 2.75) is 19.8 Å². The molecule has 0 aliphatic carbocycles. The first-order valence-electron chi connectivity index (χ1n) is 5.37. The van der Waals surface area contributed by atoms with Crippen molar-refractivity contribution in [3.8, 4) is 11.3 Å². The molecule has 0 aliphatic rings. The number of aryl methyl sites for hydroxylation is 1. The van der Waals surface area contributed by atoms with Crippen molar-refractivity contribution in [3.05, 3.63) is 41.0 Å². The monoisotopic (exact) mass is 234 g/mol. The number of aromatic nitrogens is 2. The summed E-state index contributed by atoms with van der Waals surface area (Å²) < 4.78 is 1.92. The number of nitrogens with zero attached hydrogens (tertiary/aromatic N) is 2. The van der Waals surface area contributed by atoms with Gasteiger partial charge in [-0.1, -0.05) is 37.6 Å². The number of benzene rings is 1. The Morgan fingerprint density at radius 2 is 1.81 bits per heavy atom. The van der Waals surface area contributed by atoms with Crippen molar-refractivity contribution >= 4 is 11.6 Å². The zero-order valence-electron chi connectivity index (χ0n) is 9.74. The standard InChI is InChI=1S/C13H15ClN2/c1-9(2)12-8-15-16(3)13(12)10-4-6-11(14)7-5-10/h4-9H,1-3H3. The van der Waals surface area contributed by atoms with Gasteiger partial charge in [0, 0.05) is 23.2 Å². The van der Waals surface area contributed by atoms with Gasteiger partial charge in [0.1, 0.15) is 0 Å². The summed E-state index contributed by atoms with van der Waals surface area (Å²) in [6.45, 7) is 4.35. The lowest BCUT2D eigenvalue weighted by Gasteiger charge is -2.08. The molecule has 0 bridgehead atoms. The second-order valence-corrected chi connectivity index (χ2v) is 4.67. The molecule has 0 aliphatic heterocycles. The maximum atomic E-state index is 5.89. The first-order valence-corrected chi connectivity index (χ1v) is 5.75. The number of hydrogen-bond donors (Lipinski definition) is 0. The number of rotatable bonds is 2. The summed E-state index contributed by atoms with van der Waals surface area (Å²) >= 11 is 5.89. The van der Waals surface area contributed by atoms with E-state index in [4.69, 9.17) is 11.6 Å². The average molecular weight is 235 g/mol. The zero-order valence-corrected chi connectivity index (χ0v) is 10.5. The molecule has 1 heterocycles. The molecular weight excluding hydrogens is 220 g/mol. The van der Waals surface area contributed by atoms with Gasteiger partial charge in [0.25, 0.3) is 0 Å². The van der Waals surface area contributed by atoms with Crippen molar-refractivity contribution in [1.82, 2.24) is 9.78 Å². The fourth-order valence-corrected chi connectivity index (χ4v) is 1.96.